The Morgan fingerprint density at radius 2 is 2.40 bits per heavy atom. The first-order chi connectivity index (χ1) is 9.40. The normalized spacial score (nSPS) is 25.4. The second-order valence-electron chi connectivity index (χ2n) is 4.92. The first-order valence-electron chi connectivity index (χ1n) is 6.26. The van der Waals surface area contributed by atoms with Crippen molar-refractivity contribution < 1.29 is 19.4 Å². The number of amides is 2. The number of aromatic carboxylic acids is 1. The number of urea groups is 1. The summed E-state index contributed by atoms with van der Waals surface area (Å²) in [6.45, 7) is 4.70. The standard InChI is InChI=1S/C12H17N3O4S/c1-7-12(2,3-4-19-7)15-11(18)13-5-9-14-8(6-20-9)10(16)17/h6-7H,3-5H2,1-2H3,(H,16,17)(H2,13,15,18). The highest BCUT2D eigenvalue weighted by Gasteiger charge is 2.38. The van der Waals surface area contributed by atoms with E-state index in [-0.39, 0.29) is 29.9 Å². The third kappa shape index (κ3) is 3.26. The van der Waals surface area contributed by atoms with Gasteiger partial charge in [0.05, 0.1) is 18.2 Å². The summed E-state index contributed by atoms with van der Waals surface area (Å²) in [5.74, 6) is -1.07. The van der Waals surface area contributed by atoms with Gasteiger partial charge in [-0.05, 0) is 20.3 Å². The molecule has 1 aliphatic heterocycles. The van der Waals surface area contributed by atoms with Crippen LogP contribution >= 0.6 is 11.3 Å². The minimum absolute atomic E-state index is 0.00279. The zero-order valence-corrected chi connectivity index (χ0v) is 12.1. The molecular weight excluding hydrogens is 282 g/mol. The third-order valence-corrected chi connectivity index (χ3v) is 4.31. The maximum atomic E-state index is 11.8. The molecule has 1 aromatic heterocycles. The van der Waals surface area contributed by atoms with Gasteiger partial charge in [0.15, 0.2) is 5.69 Å². The van der Waals surface area contributed by atoms with Gasteiger partial charge in [-0.3, -0.25) is 0 Å². The van der Waals surface area contributed by atoms with E-state index in [0.717, 1.165) is 6.42 Å². The molecule has 8 heteroatoms. The number of rotatable bonds is 4. The van der Waals surface area contributed by atoms with Gasteiger partial charge in [-0.2, -0.15) is 0 Å². The van der Waals surface area contributed by atoms with Crippen molar-refractivity contribution in [1.82, 2.24) is 15.6 Å². The minimum Gasteiger partial charge on any atom is -0.476 e. The molecule has 2 heterocycles. The fourth-order valence-corrected chi connectivity index (χ4v) is 2.66. The van der Waals surface area contributed by atoms with Crippen LogP contribution in [0.2, 0.25) is 0 Å². The molecule has 0 saturated carbocycles. The summed E-state index contributed by atoms with van der Waals surface area (Å²) in [7, 11) is 0. The van der Waals surface area contributed by atoms with Gasteiger partial charge in [0.2, 0.25) is 0 Å². The molecule has 2 atom stereocenters. The molecule has 0 bridgehead atoms. The van der Waals surface area contributed by atoms with Gasteiger partial charge in [0.1, 0.15) is 5.01 Å². The van der Waals surface area contributed by atoms with Crippen LogP contribution < -0.4 is 10.6 Å². The van der Waals surface area contributed by atoms with E-state index in [1.165, 1.54) is 16.7 Å². The van der Waals surface area contributed by atoms with Crippen LogP contribution in [0.4, 0.5) is 4.79 Å². The number of aromatic nitrogens is 1. The van der Waals surface area contributed by atoms with Crippen LogP contribution in [0.25, 0.3) is 0 Å². The molecule has 0 aromatic carbocycles. The highest BCUT2D eigenvalue weighted by molar-refractivity contribution is 7.09. The van der Waals surface area contributed by atoms with Gasteiger partial charge < -0.3 is 20.5 Å². The second kappa shape index (κ2) is 5.76. The molecule has 1 aromatic rings. The topological polar surface area (TPSA) is 101 Å². The number of hydrogen-bond acceptors (Lipinski definition) is 5. The molecule has 0 aliphatic carbocycles. The van der Waals surface area contributed by atoms with E-state index in [2.05, 4.69) is 15.6 Å². The lowest BCUT2D eigenvalue weighted by Crippen LogP contribution is -2.53. The van der Waals surface area contributed by atoms with E-state index >= 15 is 0 Å². The molecule has 2 unspecified atom stereocenters. The Hall–Kier alpha value is -1.67. The maximum absolute atomic E-state index is 11.8. The summed E-state index contributed by atoms with van der Waals surface area (Å²) >= 11 is 1.20. The highest BCUT2D eigenvalue weighted by atomic mass is 32.1. The average molecular weight is 299 g/mol. The number of carbonyl (C=O) groups excluding carboxylic acids is 1. The Bertz CT molecular complexity index is 519. The smallest absolute Gasteiger partial charge is 0.355 e. The summed E-state index contributed by atoms with van der Waals surface area (Å²) in [5, 5.41) is 16.3. The van der Waals surface area contributed by atoms with E-state index in [0.29, 0.717) is 11.6 Å². The van der Waals surface area contributed by atoms with Crippen LogP contribution in [0, 0.1) is 0 Å². The van der Waals surface area contributed by atoms with Gasteiger partial charge in [0, 0.05) is 12.0 Å². The van der Waals surface area contributed by atoms with Crippen LogP contribution in [0.1, 0.15) is 35.8 Å². The zero-order valence-electron chi connectivity index (χ0n) is 11.3. The molecule has 1 saturated heterocycles. The van der Waals surface area contributed by atoms with Crippen molar-refractivity contribution in [2.24, 2.45) is 0 Å². The number of carbonyl (C=O) groups is 2. The molecule has 2 rings (SSSR count). The summed E-state index contributed by atoms with van der Waals surface area (Å²) in [6, 6.07) is -0.308. The summed E-state index contributed by atoms with van der Waals surface area (Å²) in [4.78, 5) is 26.4. The van der Waals surface area contributed by atoms with E-state index < -0.39 is 5.97 Å². The lowest BCUT2D eigenvalue weighted by molar-refractivity contribution is 0.0691. The predicted molar refractivity (Wildman–Crippen MR) is 72.9 cm³/mol. The van der Waals surface area contributed by atoms with Crippen molar-refractivity contribution >= 4 is 23.3 Å². The van der Waals surface area contributed by atoms with Crippen molar-refractivity contribution in [2.45, 2.75) is 38.5 Å². The van der Waals surface area contributed by atoms with Crippen LogP contribution in [0.3, 0.4) is 0 Å². The number of carboxylic acids is 1. The van der Waals surface area contributed by atoms with Crippen molar-refractivity contribution in [3.63, 3.8) is 0 Å². The van der Waals surface area contributed by atoms with Crippen molar-refractivity contribution in [2.75, 3.05) is 6.61 Å². The summed E-state index contributed by atoms with van der Waals surface area (Å²) in [6.07, 6.45) is 0.730. The van der Waals surface area contributed by atoms with E-state index in [9.17, 15) is 9.59 Å². The van der Waals surface area contributed by atoms with Crippen molar-refractivity contribution in [3.8, 4) is 0 Å². The molecule has 3 N–H and O–H groups in total. The number of ether oxygens (including phenoxy) is 1. The number of nitrogens with zero attached hydrogens (tertiary/aromatic N) is 1. The molecule has 110 valence electrons. The Labute approximate surface area is 120 Å². The van der Waals surface area contributed by atoms with Crippen molar-refractivity contribution in [1.29, 1.82) is 0 Å². The van der Waals surface area contributed by atoms with Crippen LogP contribution in [0.5, 0.6) is 0 Å². The fourth-order valence-electron chi connectivity index (χ4n) is 1.95. The minimum atomic E-state index is -1.07. The van der Waals surface area contributed by atoms with E-state index in [4.69, 9.17) is 9.84 Å². The fraction of sp³-hybridized carbons (Fsp3) is 0.583. The summed E-state index contributed by atoms with van der Waals surface area (Å²) < 4.78 is 5.44. The van der Waals surface area contributed by atoms with Crippen LogP contribution in [0.15, 0.2) is 5.38 Å². The number of nitrogens with one attached hydrogen (secondary N) is 2. The maximum Gasteiger partial charge on any atom is 0.355 e. The Morgan fingerprint density at radius 3 is 2.95 bits per heavy atom. The molecule has 2 amide bonds. The molecule has 7 nitrogen and oxygen atoms in total. The first-order valence-corrected chi connectivity index (χ1v) is 7.14. The van der Waals surface area contributed by atoms with E-state index in [1.807, 2.05) is 13.8 Å². The number of hydrogen-bond donors (Lipinski definition) is 3. The first kappa shape index (κ1) is 14.7. The van der Waals surface area contributed by atoms with Crippen LogP contribution in [-0.2, 0) is 11.3 Å². The van der Waals surface area contributed by atoms with Gasteiger partial charge in [0.25, 0.3) is 0 Å². The lowest BCUT2D eigenvalue weighted by atomic mass is 9.95. The SMILES string of the molecule is CC1OCCC1(C)NC(=O)NCc1nc(C(=O)O)cs1. The molecule has 1 fully saturated rings. The Morgan fingerprint density at radius 1 is 1.65 bits per heavy atom. The third-order valence-electron chi connectivity index (χ3n) is 3.46. The zero-order chi connectivity index (χ0) is 14.8. The quantitative estimate of drug-likeness (QED) is 0.776. The highest BCUT2D eigenvalue weighted by Crippen LogP contribution is 2.24. The molecule has 1 aliphatic rings. The molecule has 0 radical (unpaired) electrons. The molecule has 0 spiro atoms. The molecule has 20 heavy (non-hydrogen) atoms. The van der Waals surface area contributed by atoms with Gasteiger partial charge in [-0.1, -0.05) is 0 Å². The number of thiazole rings is 1. The lowest BCUT2D eigenvalue weighted by Gasteiger charge is -2.28. The number of carboxylic acid groups (broad SMARTS) is 1. The largest absolute Gasteiger partial charge is 0.476 e. The van der Waals surface area contributed by atoms with Crippen LogP contribution in [-0.4, -0.2) is 40.3 Å². The molecular formula is C12H17N3O4S. The van der Waals surface area contributed by atoms with Crippen molar-refractivity contribution in [3.05, 3.63) is 16.1 Å². The monoisotopic (exact) mass is 299 g/mol. The Balaban J connectivity index is 1.84. The van der Waals surface area contributed by atoms with Gasteiger partial charge in [-0.25, -0.2) is 14.6 Å². The predicted octanol–water partition coefficient (Wildman–Crippen LogP) is 1.21. The Kier molecular flexibility index (Phi) is 4.24. The summed E-state index contributed by atoms with van der Waals surface area (Å²) in [5.41, 5.74) is -0.379. The second-order valence-corrected chi connectivity index (χ2v) is 5.86. The average Bonchev–Trinajstić information content (AvgIpc) is 2.95. The van der Waals surface area contributed by atoms with Gasteiger partial charge in [-0.15, -0.1) is 11.3 Å². The van der Waals surface area contributed by atoms with Gasteiger partial charge >= 0.3 is 12.0 Å². The van der Waals surface area contributed by atoms with E-state index in [1.54, 1.807) is 0 Å².